The molecule has 0 amide bonds. The minimum Gasteiger partial charge on any atom is -0.463 e. The van der Waals surface area contributed by atoms with E-state index >= 15 is 0 Å². The molecule has 2 aromatic carbocycles. The van der Waals surface area contributed by atoms with Gasteiger partial charge in [0.2, 0.25) is 0 Å². The second kappa shape index (κ2) is 5.78. The molecule has 0 radical (unpaired) electrons. The van der Waals surface area contributed by atoms with E-state index in [4.69, 9.17) is 10.00 Å². The summed E-state index contributed by atoms with van der Waals surface area (Å²) in [6.45, 7) is 0.627. The van der Waals surface area contributed by atoms with Gasteiger partial charge in [0.25, 0.3) is 0 Å². The van der Waals surface area contributed by atoms with E-state index in [2.05, 4.69) is 27.4 Å². The number of hydrazine groups is 1. The molecule has 2 aromatic rings. The highest BCUT2D eigenvalue weighted by molar-refractivity contribution is 9.10. The molecule has 0 saturated carbocycles. The Bertz CT molecular complexity index is 929. The van der Waals surface area contributed by atoms with Gasteiger partial charge in [-0.1, -0.05) is 0 Å². The van der Waals surface area contributed by atoms with E-state index in [0.29, 0.717) is 12.3 Å². The summed E-state index contributed by atoms with van der Waals surface area (Å²) in [6, 6.07) is 10.3. The Morgan fingerprint density at radius 3 is 2.88 bits per heavy atom. The highest BCUT2D eigenvalue weighted by Crippen LogP contribution is 2.48. The number of fused-ring (bicyclic) bond motifs is 2. The number of benzene rings is 2. The predicted molar refractivity (Wildman–Crippen MR) is 92.9 cm³/mol. The second-order valence-corrected chi connectivity index (χ2v) is 6.16. The number of ether oxygens (including phenoxy) is 1. The summed E-state index contributed by atoms with van der Waals surface area (Å²) in [5.41, 5.74) is 7.78. The monoisotopic (exact) mass is 383 g/mol. The molecule has 4 rings (SSSR count). The number of hydrogen-bond donors (Lipinski definition) is 1. The van der Waals surface area contributed by atoms with Crippen molar-refractivity contribution < 1.29 is 9.13 Å². The van der Waals surface area contributed by atoms with Crippen molar-refractivity contribution in [3.8, 4) is 11.8 Å². The zero-order valence-electron chi connectivity index (χ0n) is 12.4. The van der Waals surface area contributed by atoms with Gasteiger partial charge in [-0.2, -0.15) is 5.26 Å². The van der Waals surface area contributed by atoms with Gasteiger partial charge in [-0.05, 0) is 63.5 Å². The highest BCUT2D eigenvalue weighted by atomic mass is 79.9. The fraction of sp³-hybridized carbons (Fsp3) is 0.0556. The number of allylic oxidation sites excluding steroid dienone is 3. The molecular weight excluding hydrogens is 373 g/mol. The van der Waals surface area contributed by atoms with Crippen molar-refractivity contribution in [1.82, 2.24) is 5.43 Å². The standard InChI is InChI=1S/C18H11BrFN3O/c19-16-17-12(9-15-11(5-7-21)6-8-24-18(15)16)10-22-23(17)14-3-1-13(20)2-4-14/h1-6,8-9,22H,10H2. The Morgan fingerprint density at radius 1 is 1.33 bits per heavy atom. The lowest BCUT2D eigenvalue weighted by molar-refractivity contribution is 0.473. The van der Waals surface area contributed by atoms with Crippen LogP contribution in [0.15, 0.2) is 53.2 Å². The fourth-order valence-electron chi connectivity index (χ4n) is 2.90. The van der Waals surface area contributed by atoms with E-state index in [1.165, 1.54) is 18.2 Å². The number of hydrogen-bond acceptors (Lipinski definition) is 4. The van der Waals surface area contributed by atoms with Gasteiger partial charge >= 0.3 is 0 Å². The fourth-order valence-corrected chi connectivity index (χ4v) is 3.63. The lowest BCUT2D eigenvalue weighted by Crippen LogP contribution is -2.26. The van der Waals surface area contributed by atoms with Crippen LogP contribution in [0.25, 0.3) is 5.57 Å². The highest BCUT2D eigenvalue weighted by Gasteiger charge is 2.29. The van der Waals surface area contributed by atoms with Crippen molar-refractivity contribution in [1.29, 1.82) is 5.26 Å². The van der Waals surface area contributed by atoms with Gasteiger partial charge in [-0.25, -0.2) is 9.82 Å². The maximum atomic E-state index is 13.2. The molecule has 1 N–H and O–H groups in total. The maximum Gasteiger partial charge on any atom is 0.150 e. The molecule has 0 spiro atoms. The first-order chi connectivity index (χ1) is 11.7. The molecule has 0 aromatic heterocycles. The second-order valence-electron chi connectivity index (χ2n) is 5.37. The molecule has 2 aliphatic rings. The lowest BCUT2D eigenvalue weighted by atomic mass is 9.99. The van der Waals surface area contributed by atoms with Gasteiger partial charge in [-0.15, -0.1) is 0 Å². The largest absolute Gasteiger partial charge is 0.463 e. The molecule has 118 valence electrons. The third-order valence-corrected chi connectivity index (χ3v) is 4.71. The molecule has 0 saturated heterocycles. The van der Waals surface area contributed by atoms with Gasteiger partial charge in [0, 0.05) is 18.2 Å². The van der Waals surface area contributed by atoms with Crippen LogP contribution in [-0.2, 0) is 6.54 Å². The van der Waals surface area contributed by atoms with E-state index < -0.39 is 0 Å². The summed E-state index contributed by atoms with van der Waals surface area (Å²) in [7, 11) is 0. The van der Waals surface area contributed by atoms with Crippen LogP contribution in [0.3, 0.4) is 0 Å². The molecule has 2 aliphatic heterocycles. The Balaban J connectivity index is 1.86. The molecule has 24 heavy (non-hydrogen) atoms. The van der Waals surface area contributed by atoms with Gasteiger partial charge in [-0.3, -0.25) is 5.01 Å². The average Bonchev–Trinajstić information content (AvgIpc) is 3.01. The normalized spacial score (nSPS) is 16.5. The summed E-state index contributed by atoms with van der Waals surface area (Å²) in [6.07, 6.45) is 4.83. The van der Waals surface area contributed by atoms with Crippen molar-refractivity contribution in [2.45, 2.75) is 6.54 Å². The number of halogens is 2. The molecular formula is C18H11BrFN3O. The maximum absolute atomic E-state index is 13.2. The zero-order valence-corrected chi connectivity index (χ0v) is 14.0. The van der Waals surface area contributed by atoms with Crippen molar-refractivity contribution in [2.24, 2.45) is 0 Å². The van der Waals surface area contributed by atoms with E-state index in [-0.39, 0.29) is 5.82 Å². The number of nitrogens with one attached hydrogen (secondary N) is 1. The van der Waals surface area contributed by atoms with E-state index in [1.807, 2.05) is 11.1 Å². The van der Waals surface area contributed by atoms with Gasteiger partial charge < -0.3 is 4.74 Å². The van der Waals surface area contributed by atoms with Crippen LogP contribution >= 0.6 is 15.9 Å². The summed E-state index contributed by atoms with van der Waals surface area (Å²) < 4.78 is 19.6. The molecule has 0 bridgehead atoms. The van der Waals surface area contributed by atoms with E-state index in [0.717, 1.165) is 32.5 Å². The number of anilines is 2. The number of rotatable bonds is 1. The zero-order chi connectivity index (χ0) is 16.7. The SMILES string of the molecule is N#CC=C1C=COc2c1cc1c(c2Br)N(c2ccc(F)cc2)NC1. The Kier molecular flexibility index (Phi) is 3.60. The molecule has 2 heterocycles. The number of nitrogens with zero attached hydrogens (tertiary/aromatic N) is 2. The van der Waals surface area contributed by atoms with E-state index in [1.54, 1.807) is 24.5 Å². The van der Waals surface area contributed by atoms with Gasteiger partial charge in [0.1, 0.15) is 5.82 Å². The van der Waals surface area contributed by atoms with Crippen molar-refractivity contribution in [2.75, 3.05) is 5.01 Å². The Labute approximate surface area is 146 Å². The quantitative estimate of drug-likeness (QED) is 0.733. The van der Waals surface area contributed by atoms with Crippen LogP contribution in [0.2, 0.25) is 0 Å². The minimum atomic E-state index is -0.276. The van der Waals surface area contributed by atoms with E-state index in [9.17, 15) is 4.39 Å². The average molecular weight is 384 g/mol. The molecule has 4 nitrogen and oxygen atoms in total. The Hall–Kier alpha value is -2.62. The Morgan fingerprint density at radius 2 is 2.12 bits per heavy atom. The third kappa shape index (κ3) is 2.30. The first-order valence-electron chi connectivity index (χ1n) is 7.27. The first-order valence-corrected chi connectivity index (χ1v) is 8.06. The first kappa shape index (κ1) is 14.9. The predicted octanol–water partition coefficient (Wildman–Crippen LogP) is 4.56. The molecule has 0 fully saturated rings. The van der Waals surface area contributed by atoms with Crippen LogP contribution in [-0.4, -0.2) is 0 Å². The van der Waals surface area contributed by atoms with Crippen LogP contribution in [0.5, 0.6) is 5.75 Å². The third-order valence-electron chi connectivity index (χ3n) is 3.98. The molecule has 0 aliphatic carbocycles. The van der Waals surface area contributed by atoms with Crippen LogP contribution in [0, 0.1) is 17.1 Å². The lowest BCUT2D eigenvalue weighted by Gasteiger charge is -2.23. The van der Waals surface area contributed by atoms with Crippen LogP contribution < -0.4 is 15.2 Å². The summed E-state index contributed by atoms with van der Waals surface area (Å²) in [5, 5.41) is 10.9. The smallest absolute Gasteiger partial charge is 0.150 e. The summed E-state index contributed by atoms with van der Waals surface area (Å²) >= 11 is 3.62. The summed E-state index contributed by atoms with van der Waals surface area (Å²) in [4.78, 5) is 0. The molecule has 0 unspecified atom stereocenters. The van der Waals surface area contributed by atoms with Crippen molar-refractivity contribution >= 4 is 32.9 Å². The summed E-state index contributed by atoms with van der Waals surface area (Å²) in [5.74, 6) is 0.385. The topological polar surface area (TPSA) is 48.3 Å². The minimum absolute atomic E-state index is 0.276. The number of nitriles is 1. The van der Waals surface area contributed by atoms with Gasteiger partial charge in [0.05, 0.1) is 28.2 Å². The molecule has 6 heteroatoms. The van der Waals surface area contributed by atoms with Gasteiger partial charge in [0.15, 0.2) is 5.75 Å². The van der Waals surface area contributed by atoms with Crippen LogP contribution in [0.1, 0.15) is 11.1 Å². The van der Waals surface area contributed by atoms with Crippen molar-refractivity contribution in [3.05, 3.63) is 70.2 Å². The van der Waals surface area contributed by atoms with Crippen molar-refractivity contribution in [3.63, 3.8) is 0 Å². The molecule has 0 atom stereocenters. The van der Waals surface area contributed by atoms with Crippen LogP contribution in [0.4, 0.5) is 15.8 Å².